The second-order valence-corrected chi connectivity index (χ2v) is 7.38. The van der Waals surface area contributed by atoms with E-state index in [2.05, 4.69) is 31.0 Å². The Balaban J connectivity index is 1.48. The first-order valence-electron chi connectivity index (χ1n) is 9.84. The topological polar surface area (TPSA) is 64.4 Å². The van der Waals surface area contributed by atoms with E-state index in [1.54, 1.807) is 14.2 Å². The van der Waals surface area contributed by atoms with Gasteiger partial charge in [-0.1, -0.05) is 6.07 Å². The van der Waals surface area contributed by atoms with Crippen molar-refractivity contribution in [1.29, 1.82) is 0 Å². The minimum Gasteiger partial charge on any atom is -0.497 e. The highest BCUT2D eigenvalue weighted by Gasteiger charge is 2.27. The summed E-state index contributed by atoms with van der Waals surface area (Å²) >= 11 is 0. The fourth-order valence-corrected chi connectivity index (χ4v) is 4.23. The predicted octanol–water partition coefficient (Wildman–Crippen LogP) is 1.82. The molecule has 2 aliphatic rings. The monoisotopic (exact) mass is 371 g/mol. The van der Waals surface area contributed by atoms with E-state index in [4.69, 9.17) is 9.47 Å². The fourth-order valence-electron chi connectivity index (χ4n) is 4.23. The molecule has 0 spiro atoms. The van der Waals surface area contributed by atoms with Crippen molar-refractivity contribution in [2.24, 2.45) is 0 Å². The summed E-state index contributed by atoms with van der Waals surface area (Å²) in [6.45, 7) is 5.96. The zero-order chi connectivity index (χ0) is 18.6. The Morgan fingerprint density at radius 3 is 2.93 bits per heavy atom. The molecule has 0 aliphatic carbocycles. The van der Waals surface area contributed by atoms with Gasteiger partial charge in [-0.15, -0.1) is 10.2 Å². The Labute approximate surface area is 160 Å². The van der Waals surface area contributed by atoms with Gasteiger partial charge < -0.3 is 19.4 Å². The molecular weight excluding hydrogens is 342 g/mol. The third kappa shape index (κ3) is 3.94. The number of hydrogen-bond acceptors (Lipinski definition) is 6. The van der Waals surface area contributed by atoms with Gasteiger partial charge in [-0.05, 0) is 25.5 Å². The maximum absolute atomic E-state index is 5.58. The summed E-state index contributed by atoms with van der Waals surface area (Å²) in [5.74, 6) is 4.46. The minimum atomic E-state index is 0.447. The molecule has 27 heavy (non-hydrogen) atoms. The summed E-state index contributed by atoms with van der Waals surface area (Å²) < 4.78 is 13.2. The Morgan fingerprint density at radius 1 is 1.15 bits per heavy atom. The van der Waals surface area contributed by atoms with Gasteiger partial charge in [0.25, 0.3) is 0 Å². The van der Waals surface area contributed by atoms with Crippen LogP contribution >= 0.6 is 0 Å². The van der Waals surface area contributed by atoms with Crippen molar-refractivity contribution in [1.82, 2.24) is 25.0 Å². The van der Waals surface area contributed by atoms with Crippen molar-refractivity contribution in [3.63, 3.8) is 0 Å². The third-order valence-corrected chi connectivity index (χ3v) is 5.65. The lowest BCUT2D eigenvalue weighted by Crippen LogP contribution is -2.35. The first-order chi connectivity index (χ1) is 13.3. The number of nitrogens with one attached hydrogen (secondary N) is 1. The highest BCUT2D eigenvalue weighted by molar-refractivity contribution is 5.40. The van der Waals surface area contributed by atoms with Crippen molar-refractivity contribution in [2.75, 3.05) is 40.4 Å². The highest BCUT2D eigenvalue weighted by atomic mass is 16.5. The summed E-state index contributed by atoms with van der Waals surface area (Å²) in [6, 6.07) is 6.07. The number of hydrogen-bond donors (Lipinski definition) is 1. The van der Waals surface area contributed by atoms with E-state index in [0.29, 0.717) is 5.92 Å². The lowest BCUT2D eigenvalue weighted by atomic mass is 9.96. The molecule has 1 aromatic carbocycles. The molecule has 0 saturated carbocycles. The summed E-state index contributed by atoms with van der Waals surface area (Å²) in [5.41, 5.74) is 1.20. The van der Waals surface area contributed by atoms with Crippen LogP contribution in [0.25, 0.3) is 0 Å². The number of rotatable bonds is 5. The molecule has 3 heterocycles. The molecule has 1 fully saturated rings. The first kappa shape index (κ1) is 18.3. The van der Waals surface area contributed by atoms with Gasteiger partial charge in [-0.25, -0.2) is 0 Å². The Kier molecular flexibility index (Phi) is 5.59. The lowest BCUT2D eigenvalue weighted by Gasteiger charge is -2.32. The third-order valence-electron chi connectivity index (χ3n) is 5.65. The van der Waals surface area contributed by atoms with Crippen LogP contribution in [0.5, 0.6) is 11.5 Å². The van der Waals surface area contributed by atoms with Gasteiger partial charge in [0.1, 0.15) is 23.1 Å². The smallest absolute Gasteiger partial charge is 0.137 e. The summed E-state index contributed by atoms with van der Waals surface area (Å²) in [4.78, 5) is 2.51. The van der Waals surface area contributed by atoms with Crippen molar-refractivity contribution in [3.05, 3.63) is 35.4 Å². The Hall–Kier alpha value is -2.12. The Morgan fingerprint density at radius 2 is 2.07 bits per heavy atom. The molecule has 7 heteroatoms. The Bertz CT molecular complexity index is 776. The molecule has 1 N–H and O–H groups in total. The molecule has 0 bridgehead atoms. The van der Waals surface area contributed by atoms with Crippen LogP contribution in [0.15, 0.2) is 18.2 Å². The minimum absolute atomic E-state index is 0.447. The second kappa shape index (κ2) is 8.27. The van der Waals surface area contributed by atoms with Gasteiger partial charge >= 0.3 is 0 Å². The fraction of sp³-hybridized carbons (Fsp3) is 0.600. The molecule has 0 amide bonds. The average Bonchev–Trinajstić information content (AvgIpc) is 2.97. The van der Waals surface area contributed by atoms with Crippen LogP contribution < -0.4 is 14.8 Å². The molecule has 1 atom stereocenters. The number of nitrogens with zero attached hydrogens (tertiary/aromatic N) is 4. The quantitative estimate of drug-likeness (QED) is 0.865. The summed E-state index contributed by atoms with van der Waals surface area (Å²) in [7, 11) is 3.40. The van der Waals surface area contributed by atoms with Gasteiger partial charge in [0.05, 0.1) is 14.2 Å². The van der Waals surface area contributed by atoms with Crippen LogP contribution in [0.1, 0.15) is 36.0 Å². The number of benzene rings is 1. The molecule has 1 unspecified atom stereocenters. The van der Waals surface area contributed by atoms with Crippen LogP contribution in [0.2, 0.25) is 0 Å². The molecule has 0 radical (unpaired) electrons. The lowest BCUT2D eigenvalue weighted by molar-refractivity contribution is 0.192. The van der Waals surface area contributed by atoms with Gasteiger partial charge in [0, 0.05) is 56.7 Å². The number of piperidine rings is 1. The molecule has 2 aromatic rings. The first-order valence-corrected chi connectivity index (χ1v) is 9.84. The number of methoxy groups -OCH3 is 2. The van der Waals surface area contributed by atoms with E-state index in [-0.39, 0.29) is 0 Å². The van der Waals surface area contributed by atoms with Crippen LogP contribution in [-0.2, 0) is 19.5 Å². The van der Waals surface area contributed by atoms with E-state index in [9.17, 15) is 0 Å². The maximum Gasteiger partial charge on any atom is 0.137 e. The molecule has 7 nitrogen and oxygen atoms in total. The van der Waals surface area contributed by atoms with Crippen LogP contribution in [0, 0.1) is 0 Å². The summed E-state index contributed by atoms with van der Waals surface area (Å²) in [6.07, 6.45) is 3.33. The molecule has 1 aromatic heterocycles. The molecule has 4 rings (SSSR count). The largest absolute Gasteiger partial charge is 0.497 e. The normalized spacial score (nSPS) is 20.7. The van der Waals surface area contributed by atoms with Crippen LogP contribution in [-0.4, -0.2) is 60.1 Å². The molecule has 146 valence electrons. The zero-order valence-corrected chi connectivity index (χ0v) is 16.3. The number of ether oxygens (including phenoxy) is 2. The van der Waals surface area contributed by atoms with E-state index >= 15 is 0 Å². The summed E-state index contributed by atoms with van der Waals surface area (Å²) in [5, 5.41) is 12.5. The van der Waals surface area contributed by atoms with Gasteiger partial charge in [-0.3, -0.25) is 4.90 Å². The van der Waals surface area contributed by atoms with E-state index in [0.717, 1.165) is 63.0 Å². The molecular formula is C20H29N5O2. The van der Waals surface area contributed by atoms with Crippen LogP contribution in [0.3, 0.4) is 0 Å². The van der Waals surface area contributed by atoms with Crippen molar-refractivity contribution in [2.45, 2.75) is 38.3 Å². The zero-order valence-electron chi connectivity index (χ0n) is 16.3. The van der Waals surface area contributed by atoms with E-state index < -0.39 is 0 Å². The van der Waals surface area contributed by atoms with Crippen LogP contribution in [0.4, 0.5) is 0 Å². The van der Waals surface area contributed by atoms with Gasteiger partial charge in [0.15, 0.2) is 0 Å². The van der Waals surface area contributed by atoms with Crippen molar-refractivity contribution in [3.8, 4) is 11.5 Å². The number of fused-ring (bicyclic) bond motifs is 1. The highest BCUT2D eigenvalue weighted by Crippen LogP contribution is 2.30. The maximum atomic E-state index is 5.58. The van der Waals surface area contributed by atoms with Crippen molar-refractivity contribution < 1.29 is 9.47 Å². The van der Waals surface area contributed by atoms with E-state index in [1.165, 1.54) is 24.2 Å². The average molecular weight is 371 g/mol. The number of likely N-dealkylation sites (tertiary alicyclic amines) is 1. The SMILES string of the molecule is COc1ccc(CN2CCCC(c3nnc4n3CCNCC4)C2)c(OC)c1. The van der Waals surface area contributed by atoms with E-state index in [1.807, 2.05) is 12.1 Å². The number of aromatic nitrogens is 3. The van der Waals surface area contributed by atoms with Gasteiger partial charge in [-0.2, -0.15) is 0 Å². The standard InChI is InChI=1S/C20H29N5O2/c1-26-17-6-5-15(18(12-17)27-2)13-24-10-3-4-16(14-24)20-23-22-19-7-8-21-9-11-25(19)20/h5-6,12,16,21H,3-4,7-11,13-14H2,1-2H3. The second-order valence-electron chi connectivity index (χ2n) is 7.38. The van der Waals surface area contributed by atoms with Gasteiger partial charge in [0.2, 0.25) is 0 Å². The van der Waals surface area contributed by atoms with Crippen molar-refractivity contribution >= 4 is 0 Å². The molecule has 2 aliphatic heterocycles. The molecule has 1 saturated heterocycles. The predicted molar refractivity (Wildman–Crippen MR) is 103 cm³/mol.